The van der Waals surface area contributed by atoms with Gasteiger partial charge >= 0.3 is 5.97 Å². The quantitative estimate of drug-likeness (QED) is 0.537. The molecule has 1 amide bonds. The normalized spacial score (nSPS) is 10.8. The summed E-state index contributed by atoms with van der Waals surface area (Å²) < 4.78 is 9.62. The first-order valence-corrected chi connectivity index (χ1v) is 8.63. The molecule has 2 rings (SSSR count). The van der Waals surface area contributed by atoms with Crippen LogP contribution in [0, 0.1) is 0 Å². The number of hydrogen-bond donors (Lipinski definition) is 0. The molecule has 132 valence electrons. The lowest BCUT2D eigenvalue weighted by atomic mass is 10.2. The summed E-state index contributed by atoms with van der Waals surface area (Å²) in [5, 5.41) is 0. The molecule has 0 aliphatic rings. The fraction of sp³-hybridized carbons (Fsp3) is 0.263. The van der Waals surface area contributed by atoms with E-state index in [4.69, 9.17) is 4.74 Å². The summed E-state index contributed by atoms with van der Waals surface area (Å²) in [5.41, 5.74) is 1.14. The van der Waals surface area contributed by atoms with Gasteiger partial charge in [-0.05, 0) is 23.8 Å². The highest BCUT2D eigenvalue weighted by atomic mass is 32.1. The highest BCUT2D eigenvalue weighted by molar-refractivity contribution is 7.16. The van der Waals surface area contributed by atoms with E-state index < -0.39 is 5.97 Å². The molecule has 0 fully saturated rings. The van der Waals surface area contributed by atoms with E-state index in [0.29, 0.717) is 13.2 Å². The predicted octanol–water partition coefficient (Wildman–Crippen LogP) is 3.08. The first-order chi connectivity index (χ1) is 12.1. The van der Waals surface area contributed by atoms with Crippen LogP contribution in [0.25, 0.3) is 16.5 Å². The third-order valence-corrected chi connectivity index (χ3v) is 4.60. The average molecular weight is 359 g/mol. The summed E-state index contributed by atoms with van der Waals surface area (Å²) in [5.74, 6) is -0.711. The topological polar surface area (TPSA) is 55.8 Å². The van der Waals surface area contributed by atoms with Crippen molar-refractivity contribution in [2.24, 2.45) is 0 Å². The van der Waals surface area contributed by atoms with E-state index in [9.17, 15) is 9.59 Å². The number of carbonyl (C=O) groups is 2. The maximum absolute atomic E-state index is 12.3. The van der Waals surface area contributed by atoms with Crippen LogP contribution in [0.4, 0.5) is 0 Å². The largest absolute Gasteiger partial charge is 0.468 e. The number of thiophene rings is 1. The zero-order valence-corrected chi connectivity index (χ0v) is 15.1. The van der Waals surface area contributed by atoms with E-state index in [2.05, 4.69) is 4.74 Å². The van der Waals surface area contributed by atoms with Crippen LogP contribution in [0.2, 0.25) is 0 Å². The molecule has 25 heavy (non-hydrogen) atoms. The second-order valence-corrected chi connectivity index (χ2v) is 6.35. The van der Waals surface area contributed by atoms with Crippen LogP contribution >= 0.6 is 11.3 Å². The van der Waals surface area contributed by atoms with Crippen molar-refractivity contribution in [3.63, 3.8) is 0 Å². The molecule has 0 aliphatic carbocycles. The van der Waals surface area contributed by atoms with E-state index >= 15 is 0 Å². The second kappa shape index (κ2) is 9.76. The molecule has 6 heteroatoms. The Morgan fingerprint density at radius 3 is 2.56 bits per heavy atom. The Morgan fingerprint density at radius 1 is 1.12 bits per heavy atom. The fourth-order valence-corrected chi connectivity index (χ4v) is 3.06. The average Bonchev–Trinajstić information content (AvgIpc) is 3.12. The van der Waals surface area contributed by atoms with Crippen LogP contribution in [0.3, 0.4) is 0 Å². The SMILES string of the molecule is COCCN(CC(=O)OC)C(=O)C=Cc1ccc(-c2ccccc2)s1. The minimum absolute atomic E-state index is 0.0945. The highest BCUT2D eigenvalue weighted by Gasteiger charge is 2.15. The van der Waals surface area contributed by atoms with E-state index in [1.807, 2.05) is 42.5 Å². The third kappa shape index (κ3) is 5.85. The van der Waals surface area contributed by atoms with Crippen LogP contribution in [0.15, 0.2) is 48.5 Å². The minimum atomic E-state index is -0.458. The van der Waals surface area contributed by atoms with Crippen molar-refractivity contribution in [1.29, 1.82) is 0 Å². The van der Waals surface area contributed by atoms with Crippen molar-refractivity contribution in [1.82, 2.24) is 4.90 Å². The van der Waals surface area contributed by atoms with Gasteiger partial charge in [-0.15, -0.1) is 11.3 Å². The second-order valence-electron chi connectivity index (χ2n) is 5.23. The van der Waals surface area contributed by atoms with Crippen LogP contribution < -0.4 is 0 Å². The number of rotatable bonds is 8. The monoisotopic (exact) mass is 359 g/mol. The lowest BCUT2D eigenvalue weighted by Crippen LogP contribution is -2.37. The molecular formula is C19H21NO4S. The Labute approximate surface area is 151 Å². The molecule has 0 radical (unpaired) electrons. The number of ether oxygens (including phenoxy) is 2. The number of hydrogen-bond acceptors (Lipinski definition) is 5. The number of methoxy groups -OCH3 is 2. The summed E-state index contributed by atoms with van der Waals surface area (Å²) in [6, 6.07) is 14.1. The number of benzene rings is 1. The van der Waals surface area contributed by atoms with E-state index in [1.165, 1.54) is 18.1 Å². The fourth-order valence-electron chi connectivity index (χ4n) is 2.15. The van der Waals surface area contributed by atoms with Gasteiger partial charge < -0.3 is 14.4 Å². The van der Waals surface area contributed by atoms with E-state index in [1.54, 1.807) is 24.5 Å². The van der Waals surface area contributed by atoms with Crippen molar-refractivity contribution in [2.75, 3.05) is 33.9 Å². The molecule has 0 atom stereocenters. The van der Waals surface area contributed by atoms with Gasteiger partial charge in [0.2, 0.25) is 5.91 Å². The summed E-state index contributed by atoms with van der Waals surface area (Å²) in [4.78, 5) is 27.3. The molecule has 0 N–H and O–H groups in total. The van der Waals surface area contributed by atoms with E-state index in [0.717, 1.165) is 15.3 Å². The number of amides is 1. The summed E-state index contributed by atoms with van der Waals surface area (Å²) in [6.07, 6.45) is 3.23. The zero-order valence-electron chi connectivity index (χ0n) is 14.3. The maximum atomic E-state index is 12.3. The van der Waals surface area contributed by atoms with Crippen molar-refractivity contribution >= 4 is 29.3 Å². The Kier molecular flexibility index (Phi) is 7.37. The zero-order chi connectivity index (χ0) is 18.1. The van der Waals surface area contributed by atoms with Crippen molar-refractivity contribution < 1.29 is 19.1 Å². The van der Waals surface area contributed by atoms with Gasteiger partial charge in [-0.1, -0.05) is 30.3 Å². The van der Waals surface area contributed by atoms with Gasteiger partial charge in [0.25, 0.3) is 0 Å². The van der Waals surface area contributed by atoms with Gasteiger partial charge in [-0.25, -0.2) is 0 Å². The van der Waals surface area contributed by atoms with Gasteiger partial charge in [-0.2, -0.15) is 0 Å². The molecule has 0 unspecified atom stereocenters. The van der Waals surface area contributed by atoms with Crippen LogP contribution in [-0.2, 0) is 19.1 Å². The Bertz CT molecular complexity index is 724. The Balaban J connectivity index is 2.04. The lowest BCUT2D eigenvalue weighted by Gasteiger charge is -2.19. The molecule has 2 aromatic rings. The first kappa shape index (κ1) is 18.9. The molecule has 0 bridgehead atoms. The summed E-state index contributed by atoms with van der Waals surface area (Å²) in [7, 11) is 2.85. The lowest BCUT2D eigenvalue weighted by molar-refractivity contribution is -0.145. The molecule has 0 saturated heterocycles. The third-order valence-electron chi connectivity index (χ3n) is 3.50. The van der Waals surface area contributed by atoms with Gasteiger partial charge in [0.1, 0.15) is 6.54 Å². The molecule has 0 spiro atoms. The van der Waals surface area contributed by atoms with Crippen LogP contribution in [0.5, 0.6) is 0 Å². The van der Waals surface area contributed by atoms with Gasteiger partial charge in [0, 0.05) is 29.5 Å². The molecule has 5 nitrogen and oxygen atoms in total. The molecule has 1 heterocycles. The first-order valence-electron chi connectivity index (χ1n) is 7.82. The highest BCUT2D eigenvalue weighted by Crippen LogP contribution is 2.28. The van der Waals surface area contributed by atoms with Crippen molar-refractivity contribution in [3.05, 3.63) is 53.4 Å². The van der Waals surface area contributed by atoms with Gasteiger partial charge in [0.15, 0.2) is 0 Å². The molecule has 1 aromatic carbocycles. The standard InChI is InChI=1S/C19H21NO4S/c1-23-13-12-20(14-19(22)24-2)18(21)11-9-16-8-10-17(25-16)15-6-4-3-5-7-15/h3-11H,12-14H2,1-2H3. The van der Waals surface area contributed by atoms with Crippen molar-refractivity contribution in [2.45, 2.75) is 0 Å². The molecule has 0 saturated carbocycles. The molecule has 0 aliphatic heterocycles. The number of carbonyl (C=O) groups excluding carboxylic acids is 2. The maximum Gasteiger partial charge on any atom is 0.325 e. The van der Waals surface area contributed by atoms with Crippen molar-refractivity contribution in [3.8, 4) is 10.4 Å². The summed E-state index contributed by atoms with van der Waals surface area (Å²) >= 11 is 1.60. The smallest absolute Gasteiger partial charge is 0.325 e. The van der Waals surface area contributed by atoms with Crippen LogP contribution in [0.1, 0.15) is 4.88 Å². The Hall–Kier alpha value is -2.44. The van der Waals surface area contributed by atoms with E-state index in [-0.39, 0.29) is 12.5 Å². The van der Waals surface area contributed by atoms with Gasteiger partial charge in [0.05, 0.1) is 13.7 Å². The predicted molar refractivity (Wildman–Crippen MR) is 99.3 cm³/mol. The van der Waals surface area contributed by atoms with Gasteiger partial charge in [-0.3, -0.25) is 9.59 Å². The number of esters is 1. The summed E-state index contributed by atoms with van der Waals surface area (Å²) in [6.45, 7) is 0.588. The minimum Gasteiger partial charge on any atom is -0.468 e. The van der Waals surface area contributed by atoms with Crippen LogP contribution in [-0.4, -0.2) is 50.7 Å². The molecule has 1 aromatic heterocycles. The molecular weight excluding hydrogens is 338 g/mol. The number of nitrogens with zero attached hydrogens (tertiary/aromatic N) is 1. The Morgan fingerprint density at radius 2 is 1.88 bits per heavy atom.